The molecule has 0 atom stereocenters. The fourth-order valence-corrected chi connectivity index (χ4v) is 1.09. The summed E-state index contributed by atoms with van der Waals surface area (Å²) in [5, 5.41) is 3.32. The molecule has 0 unspecified atom stereocenters. The average Bonchev–Trinajstić information content (AvgIpc) is 2.81. The number of nitrogens with one attached hydrogen (secondary N) is 1. The first kappa shape index (κ1) is 7.40. The molecule has 1 aromatic rings. The van der Waals surface area contributed by atoms with Crippen molar-refractivity contribution in [2.24, 2.45) is 0 Å². The van der Waals surface area contributed by atoms with Crippen LogP contribution in [0.3, 0.4) is 0 Å². The fraction of sp³-hybridized carbons (Fsp3) is 0.444. The molecule has 12 heavy (non-hydrogen) atoms. The molecule has 2 rings (SSSR count). The second-order valence-corrected chi connectivity index (χ2v) is 3.29. The molecule has 3 N–H and O–H groups in total. The van der Waals surface area contributed by atoms with Crippen molar-refractivity contribution in [3.05, 3.63) is 17.8 Å². The van der Waals surface area contributed by atoms with E-state index in [1.807, 2.05) is 19.1 Å². The number of nitrogens with two attached hydrogens (primary N) is 1. The van der Waals surface area contributed by atoms with Crippen LogP contribution < -0.4 is 11.1 Å². The van der Waals surface area contributed by atoms with Gasteiger partial charge in [0.25, 0.3) is 0 Å². The Morgan fingerprint density at radius 1 is 1.50 bits per heavy atom. The van der Waals surface area contributed by atoms with E-state index in [4.69, 9.17) is 5.73 Å². The van der Waals surface area contributed by atoms with Gasteiger partial charge < -0.3 is 11.1 Å². The predicted octanol–water partition coefficient (Wildman–Crippen LogP) is 1.55. The Kier molecular flexibility index (Phi) is 1.64. The standard InChI is InChI=1S/C9H13N3/c1-6-8(10)4-5-9(11-6)12-7-2-3-7/h4-5,7H,2-3,10H2,1H3,(H,11,12). The van der Waals surface area contributed by atoms with Gasteiger partial charge in [0, 0.05) is 6.04 Å². The Hall–Kier alpha value is -1.25. The van der Waals surface area contributed by atoms with E-state index < -0.39 is 0 Å². The molecule has 1 aromatic heterocycles. The van der Waals surface area contributed by atoms with Gasteiger partial charge in [0.1, 0.15) is 5.82 Å². The molecule has 0 aromatic carbocycles. The van der Waals surface area contributed by atoms with Gasteiger partial charge in [-0.3, -0.25) is 0 Å². The Bertz CT molecular complexity index is 292. The third-order valence-electron chi connectivity index (χ3n) is 2.06. The zero-order valence-electron chi connectivity index (χ0n) is 7.17. The van der Waals surface area contributed by atoms with E-state index in [-0.39, 0.29) is 0 Å². The highest BCUT2D eigenvalue weighted by Gasteiger charge is 2.21. The van der Waals surface area contributed by atoms with Crippen molar-refractivity contribution >= 4 is 11.5 Å². The number of rotatable bonds is 2. The number of hydrogen-bond donors (Lipinski definition) is 2. The molecule has 3 nitrogen and oxygen atoms in total. The molecule has 3 heteroatoms. The zero-order valence-corrected chi connectivity index (χ0v) is 7.17. The Labute approximate surface area is 72.0 Å². The lowest BCUT2D eigenvalue weighted by Crippen LogP contribution is -2.04. The van der Waals surface area contributed by atoms with Crippen molar-refractivity contribution in [3.63, 3.8) is 0 Å². The second-order valence-electron chi connectivity index (χ2n) is 3.29. The van der Waals surface area contributed by atoms with E-state index in [1.54, 1.807) is 0 Å². The molecule has 1 heterocycles. The first-order valence-electron chi connectivity index (χ1n) is 4.25. The second kappa shape index (κ2) is 2.66. The van der Waals surface area contributed by atoms with Crippen LogP contribution in [0.4, 0.5) is 11.5 Å². The predicted molar refractivity (Wildman–Crippen MR) is 50.0 cm³/mol. The van der Waals surface area contributed by atoms with Crippen molar-refractivity contribution in [1.29, 1.82) is 0 Å². The number of aryl methyl sites for hydroxylation is 1. The topological polar surface area (TPSA) is 50.9 Å². The number of nitrogen functional groups attached to an aromatic ring is 1. The van der Waals surface area contributed by atoms with Crippen LogP contribution in [-0.4, -0.2) is 11.0 Å². The smallest absolute Gasteiger partial charge is 0.126 e. The van der Waals surface area contributed by atoms with E-state index in [0.29, 0.717) is 6.04 Å². The number of aromatic nitrogens is 1. The Morgan fingerprint density at radius 3 is 2.83 bits per heavy atom. The Balaban J connectivity index is 2.15. The minimum Gasteiger partial charge on any atom is -0.397 e. The van der Waals surface area contributed by atoms with Gasteiger partial charge in [0.15, 0.2) is 0 Å². The summed E-state index contributed by atoms with van der Waals surface area (Å²) in [6, 6.07) is 4.48. The van der Waals surface area contributed by atoms with Crippen LogP contribution in [0, 0.1) is 6.92 Å². The third-order valence-corrected chi connectivity index (χ3v) is 2.06. The van der Waals surface area contributed by atoms with E-state index in [0.717, 1.165) is 17.2 Å². The molecule has 1 saturated carbocycles. The van der Waals surface area contributed by atoms with Gasteiger partial charge in [0.2, 0.25) is 0 Å². The molecule has 0 saturated heterocycles. The lowest BCUT2D eigenvalue weighted by atomic mass is 10.3. The normalized spacial score (nSPS) is 16.1. The quantitative estimate of drug-likeness (QED) is 0.695. The van der Waals surface area contributed by atoms with Gasteiger partial charge in [-0.15, -0.1) is 0 Å². The van der Waals surface area contributed by atoms with Crippen LogP contribution >= 0.6 is 0 Å². The van der Waals surface area contributed by atoms with Gasteiger partial charge in [-0.05, 0) is 31.9 Å². The summed E-state index contributed by atoms with van der Waals surface area (Å²) in [6.45, 7) is 1.92. The summed E-state index contributed by atoms with van der Waals surface area (Å²) in [7, 11) is 0. The highest BCUT2D eigenvalue weighted by molar-refractivity contribution is 5.49. The van der Waals surface area contributed by atoms with E-state index in [9.17, 15) is 0 Å². The highest BCUT2D eigenvalue weighted by atomic mass is 15.0. The first-order valence-corrected chi connectivity index (χ1v) is 4.25. The van der Waals surface area contributed by atoms with Crippen LogP contribution in [0.1, 0.15) is 18.5 Å². The average molecular weight is 163 g/mol. The molecular formula is C9H13N3. The monoisotopic (exact) mass is 163 g/mol. The summed E-state index contributed by atoms with van der Waals surface area (Å²) in [5.74, 6) is 0.948. The van der Waals surface area contributed by atoms with Crippen LogP contribution in [-0.2, 0) is 0 Å². The highest BCUT2D eigenvalue weighted by Crippen LogP contribution is 2.24. The van der Waals surface area contributed by atoms with Crippen molar-refractivity contribution in [2.75, 3.05) is 11.1 Å². The van der Waals surface area contributed by atoms with Gasteiger partial charge in [-0.2, -0.15) is 0 Å². The SMILES string of the molecule is Cc1nc(NC2CC2)ccc1N. The van der Waals surface area contributed by atoms with Crippen LogP contribution in [0.5, 0.6) is 0 Å². The van der Waals surface area contributed by atoms with Crippen LogP contribution in [0.25, 0.3) is 0 Å². The van der Waals surface area contributed by atoms with Crippen molar-refractivity contribution < 1.29 is 0 Å². The molecule has 0 radical (unpaired) electrons. The van der Waals surface area contributed by atoms with Gasteiger partial charge >= 0.3 is 0 Å². The van der Waals surface area contributed by atoms with Crippen molar-refractivity contribution in [2.45, 2.75) is 25.8 Å². The Morgan fingerprint density at radius 2 is 2.25 bits per heavy atom. The minimum absolute atomic E-state index is 0.653. The number of nitrogens with zero attached hydrogens (tertiary/aromatic N) is 1. The maximum atomic E-state index is 5.64. The van der Waals surface area contributed by atoms with Gasteiger partial charge in [-0.1, -0.05) is 0 Å². The lowest BCUT2D eigenvalue weighted by Gasteiger charge is -2.05. The van der Waals surface area contributed by atoms with Crippen LogP contribution in [0.15, 0.2) is 12.1 Å². The number of anilines is 2. The maximum absolute atomic E-state index is 5.64. The third kappa shape index (κ3) is 1.49. The molecule has 1 aliphatic carbocycles. The maximum Gasteiger partial charge on any atom is 0.126 e. The summed E-state index contributed by atoms with van der Waals surface area (Å²) in [5.41, 5.74) is 7.31. The van der Waals surface area contributed by atoms with Crippen molar-refractivity contribution in [3.8, 4) is 0 Å². The van der Waals surface area contributed by atoms with E-state index >= 15 is 0 Å². The molecule has 1 fully saturated rings. The number of pyridine rings is 1. The summed E-state index contributed by atoms with van der Waals surface area (Å²) in [6.07, 6.45) is 2.54. The van der Waals surface area contributed by atoms with E-state index in [1.165, 1.54) is 12.8 Å². The molecule has 0 spiro atoms. The van der Waals surface area contributed by atoms with Crippen LogP contribution in [0.2, 0.25) is 0 Å². The molecule has 1 aliphatic rings. The minimum atomic E-state index is 0.653. The summed E-state index contributed by atoms with van der Waals surface area (Å²) < 4.78 is 0. The van der Waals surface area contributed by atoms with Gasteiger partial charge in [0.05, 0.1) is 11.4 Å². The molecule has 64 valence electrons. The lowest BCUT2D eigenvalue weighted by molar-refractivity contribution is 1.09. The van der Waals surface area contributed by atoms with Gasteiger partial charge in [-0.25, -0.2) is 4.98 Å². The molecule has 0 amide bonds. The molecule has 0 aliphatic heterocycles. The van der Waals surface area contributed by atoms with E-state index in [2.05, 4.69) is 10.3 Å². The van der Waals surface area contributed by atoms with Crippen molar-refractivity contribution in [1.82, 2.24) is 4.98 Å². The number of hydrogen-bond acceptors (Lipinski definition) is 3. The summed E-state index contributed by atoms with van der Waals surface area (Å²) >= 11 is 0. The first-order chi connectivity index (χ1) is 5.75. The zero-order chi connectivity index (χ0) is 8.55. The largest absolute Gasteiger partial charge is 0.397 e. The fourth-order valence-electron chi connectivity index (χ4n) is 1.09. The molecule has 0 bridgehead atoms. The molecular weight excluding hydrogens is 150 g/mol. The summed E-state index contributed by atoms with van der Waals surface area (Å²) in [4.78, 5) is 4.32.